The number of alkyl halides is 2. The number of hydrogen-bond acceptors (Lipinski definition) is 4. The van der Waals surface area contributed by atoms with E-state index in [4.69, 9.17) is 5.11 Å². The second-order valence-electron chi connectivity index (χ2n) is 3.83. The Kier molecular flexibility index (Phi) is 4.29. The summed E-state index contributed by atoms with van der Waals surface area (Å²) in [4.78, 5) is 15.4. The van der Waals surface area contributed by atoms with Gasteiger partial charge in [0.1, 0.15) is 15.6 Å². The number of carbonyl (C=O) groups is 1. The largest absolute Gasteiger partial charge is 0.477 e. The van der Waals surface area contributed by atoms with Crippen LogP contribution in [-0.4, -0.2) is 22.7 Å². The van der Waals surface area contributed by atoms with Crippen LogP contribution in [0.25, 0.3) is 10.6 Å². The molecule has 0 radical (unpaired) electrons. The summed E-state index contributed by atoms with van der Waals surface area (Å²) in [6, 6.07) is 6.19. The summed E-state index contributed by atoms with van der Waals surface area (Å²) in [6.07, 6.45) is 0.454. The maximum atomic E-state index is 12.4. The quantitative estimate of drug-likeness (QED) is 0.915. The Morgan fingerprint density at radius 1 is 1.45 bits per heavy atom. The third-order valence-corrected chi connectivity index (χ3v) is 3.68. The number of rotatable bonds is 5. The molecule has 0 amide bonds. The molecular formula is C13H11F2NO3S. The summed E-state index contributed by atoms with van der Waals surface area (Å²) >= 11 is 0.951. The summed E-state index contributed by atoms with van der Waals surface area (Å²) in [5.41, 5.74) is 0.796. The lowest BCUT2D eigenvalue weighted by atomic mass is 10.2. The number of aryl methyl sites for hydroxylation is 1. The van der Waals surface area contributed by atoms with E-state index in [-0.39, 0.29) is 10.6 Å². The molecule has 0 bridgehead atoms. The van der Waals surface area contributed by atoms with Crippen LogP contribution in [-0.2, 0) is 6.42 Å². The molecule has 4 nitrogen and oxygen atoms in total. The van der Waals surface area contributed by atoms with Crippen molar-refractivity contribution in [1.82, 2.24) is 4.98 Å². The van der Waals surface area contributed by atoms with Crippen LogP contribution in [0.4, 0.5) is 8.78 Å². The van der Waals surface area contributed by atoms with E-state index in [1.807, 2.05) is 0 Å². The molecule has 2 aromatic rings. The Hall–Kier alpha value is -2.02. The van der Waals surface area contributed by atoms with E-state index < -0.39 is 12.6 Å². The van der Waals surface area contributed by atoms with Gasteiger partial charge in [0.15, 0.2) is 0 Å². The highest BCUT2D eigenvalue weighted by Crippen LogP contribution is 2.35. The first kappa shape index (κ1) is 14.4. The fourth-order valence-corrected chi connectivity index (χ4v) is 2.74. The molecule has 1 aromatic carbocycles. The number of carboxylic acid groups (broad SMARTS) is 1. The number of thiazole rings is 1. The zero-order valence-corrected chi connectivity index (χ0v) is 11.3. The summed E-state index contributed by atoms with van der Waals surface area (Å²) < 4.78 is 29.2. The lowest BCUT2D eigenvalue weighted by Gasteiger charge is -2.08. The van der Waals surface area contributed by atoms with Crippen molar-refractivity contribution in [3.8, 4) is 16.3 Å². The number of halogens is 2. The molecule has 7 heteroatoms. The van der Waals surface area contributed by atoms with Crippen molar-refractivity contribution in [2.45, 2.75) is 20.0 Å². The van der Waals surface area contributed by atoms with Gasteiger partial charge in [-0.25, -0.2) is 9.78 Å². The monoisotopic (exact) mass is 299 g/mol. The molecule has 0 unspecified atom stereocenters. The first-order valence-corrected chi connectivity index (χ1v) is 6.61. The first-order valence-electron chi connectivity index (χ1n) is 5.80. The maximum absolute atomic E-state index is 12.4. The molecule has 1 aromatic heterocycles. The highest BCUT2D eigenvalue weighted by molar-refractivity contribution is 7.17. The van der Waals surface area contributed by atoms with Crippen LogP contribution < -0.4 is 4.74 Å². The molecule has 20 heavy (non-hydrogen) atoms. The van der Waals surface area contributed by atoms with Crippen molar-refractivity contribution in [3.63, 3.8) is 0 Å². The normalized spacial score (nSPS) is 10.8. The van der Waals surface area contributed by atoms with Crippen LogP contribution in [0.15, 0.2) is 24.3 Å². The zero-order chi connectivity index (χ0) is 14.7. The minimum absolute atomic E-state index is 0.0177. The van der Waals surface area contributed by atoms with Gasteiger partial charge in [-0.1, -0.05) is 19.1 Å². The molecule has 1 heterocycles. The molecular weight excluding hydrogens is 288 g/mol. The third-order valence-electron chi connectivity index (χ3n) is 2.56. The molecule has 1 N–H and O–H groups in total. The van der Waals surface area contributed by atoms with Gasteiger partial charge in [-0.3, -0.25) is 0 Å². The number of nitrogens with zero attached hydrogens (tertiary/aromatic N) is 1. The highest BCUT2D eigenvalue weighted by Gasteiger charge is 2.19. The molecule has 0 spiro atoms. The lowest BCUT2D eigenvalue weighted by Crippen LogP contribution is -2.02. The Morgan fingerprint density at radius 3 is 2.70 bits per heavy atom. The summed E-state index contributed by atoms with van der Waals surface area (Å²) in [6.45, 7) is -1.16. The predicted molar refractivity (Wildman–Crippen MR) is 70.5 cm³/mol. The van der Waals surface area contributed by atoms with Gasteiger partial charge in [0, 0.05) is 0 Å². The predicted octanol–water partition coefficient (Wildman–Crippen LogP) is 3.67. The van der Waals surface area contributed by atoms with Gasteiger partial charge in [-0.2, -0.15) is 8.78 Å². The number of aromatic carboxylic acids is 1. The zero-order valence-electron chi connectivity index (χ0n) is 10.5. The van der Waals surface area contributed by atoms with Crippen LogP contribution in [0.2, 0.25) is 0 Å². The number of ether oxygens (including phenoxy) is 1. The van der Waals surface area contributed by atoms with E-state index in [2.05, 4.69) is 9.72 Å². The van der Waals surface area contributed by atoms with Gasteiger partial charge >= 0.3 is 12.6 Å². The Morgan fingerprint density at radius 2 is 2.15 bits per heavy atom. The SMILES string of the molecule is CCc1nc(-c2ccccc2OC(F)F)sc1C(=O)O. The van der Waals surface area contributed by atoms with Crippen LogP contribution in [0.1, 0.15) is 22.3 Å². The van der Waals surface area contributed by atoms with Crippen LogP contribution >= 0.6 is 11.3 Å². The molecule has 0 aliphatic rings. The second-order valence-corrected chi connectivity index (χ2v) is 4.83. The topological polar surface area (TPSA) is 59.4 Å². The number of carboxylic acids is 1. The van der Waals surface area contributed by atoms with Crippen molar-refractivity contribution in [2.75, 3.05) is 0 Å². The van der Waals surface area contributed by atoms with Crippen LogP contribution in [0.5, 0.6) is 5.75 Å². The Balaban J connectivity index is 2.49. The van der Waals surface area contributed by atoms with E-state index >= 15 is 0 Å². The average Bonchev–Trinajstić information content (AvgIpc) is 2.83. The number of hydrogen-bond donors (Lipinski definition) is 1. The number of para-hydroxylation sites is 1. The van der Waals surface area contributed by atoms with Crippen LogP contribution in [0.3, 0.4) is 0 Å². The van der Waals surface area contributed by atoms with Crippen molar-refractivity contribution in [3.05, 3.63) is 34.8 Å². The summed E-state index contributed by atoms with van der Waals surface area (Å²) in [5, 5.41) is 9.45. The molecule has 0 aliphatic heterocycles. The van der Waals surface area contributed by atoms with E-state index in [1.165, 1.54) is 6.07 Å². The molecule has 0 fully saturated rings. The minimum atomic E-state index is -2.94. The maximum Gasteiger partial charge on any atom is 0.387 e. The number of aromatic nitrogens is 1. The smallest absolute Gasteiger partial charge is 0.387 e. The summed E-state index contributed by atoms with van der Waals surface area (Å²) in [7, 11) is 0. The lowest BCUT2D eigenvalue weighted by molar-refractivity contribution is -0.0494. The van der Waals surface area contributed by atoms with Gasteiger partial charge < -0.3 is 9.84 Å². The number of benzene rings is 1. The van der Waals surface area contributed by atoms with Crippen LogP contribution in [0, 0.1) is 0 Å². The fraction of sp³-hybridized carbons (Fsp3) is 0.231. The fourth-order valence-electron chi connectivity index (χ4n) is 1.72. The van der Waals surface area contributed by atoms with Crippen molar-refractivity contribution in [2.24, 2.45) is 0 Å². The molecule has 106 valence electrons. The Bertz CT molecular complexity index is 628. The van der Waals surface area contributed by atoms with Gasteiger partial charge in [0.25, 0.3) is 0 Å². The van der Waals surface area contributed by atoms with Crippen molar-refractivity contribution in [1.29, 1.82) is 0 Å². The minimum Gasteiger partial charge on any atom is -0.477 e. The van der Waals surface area contributed by atoms with Gasteiger partial charge in [0.05, 0.1) is 11.3 Å². The van der Waals surface area contributed by atoms with E-state index in [9.17, 15) is 13.6 Å². The average molecular weight is 299 g/mol. The third kappa shape index (κ3) is 2.93. The molecule has 2 rings (SSSR count). The molecule has 0 atom stereocenters. The van der Waals surface area contributed by atoms with Gasteiger partial charge in [0.2, 0.25) is 0 Å². The van der Waals surface area contributed by atoms with E-state index in [1.54, 1.807) is 25.1 Å². The van der Waals surface area contributed by atoms with Gasteiger partial charge in [-0.15, -0.1) is 11.3 Å². The molecule has 0 saturated heterocycles. The standard InChI is InChI=1S/C13H11F2NO3S/c1-2-8-10(12(17)18)20-11(16-8)7-5-3-4-6-9(7)19-13(14)15/h3-6,13H,2H2,1H3,(H,17,18). The van der Waals surface area contributed by atoms with E-state index in [0.717, 1.165) is 11.3 Å². The molecule has 0 aliphatic carbocycles. The summed E-state index contributed by atoms with van der Waals surface area (Å²) in [5.74, 6) is -1.09. The Labute approximate surface area is 117 Å². The van der Waals surface area contributed by atoms with E-state index in [0.29, 0.717) is 22.7 Å². The first-order chi connectivity index (χ1) is 9.52. The van der Waals surface area contributed by atoms with Crippen molar-refractivity contribution < 1.29 is 23.4 Å². The van der Waals surface area contributed by atoms with Crippen molar-refractivity contribution >= 4 is 17.3 Å². The van der Waals surface area contributed by atoms with Gasteiger partial charge in [-0.05, 0) is 18.6 Å². The molecule has 0 saturated carbocycles. The highest BCUT2D eigenvalue weighted by atomic mass is 32.1. The second kappa shape index (κ2) is 5.96.